The lowest BCUT2D eigenvalue weighted by molar-refractivity contribution is 1.62. The fraction of sp³-hybridized carbons (Fsp3) is 0.200. The summed E-state index contributed by atoms with van der Waals surface area (Å²) < 4.78 is 2.46. The molecule has 0 unspecified atom stereocenters. The highest BCUT2D eigenvalue weighted by Crippen LogP contribution is 2.26. The molecule has 0 fully saturated rings. The monoisotopic (exact) mass is 274 g/mol. The van der Waals surface area contributed by atoms with E-state index >= 15 is 0 Å². The maximum atomic E-state index is 3.41. The number of halogens is 1. The van der Waals surface area contributed by atoms with Crippen LogP contribution in [0.15, 0.2) is 33.0 Å². The summed E-state index contributed by atoms with van der Waals surface area (Å²) in [6, 6.07) is 8.33. The Labute approximate surface area is 96.3 Å². The van der Waals surface area contributed by atoms with E-state index in [9.17, 15) is 0 Å². The Hall–Kier alpha value is 0.140. The molecule has 0 spiro atoms. The molecule has 70 valence electrons. The van der Waals surface area contributed by atoms with Gasteiger partial charge in [-0.25, -0.2) is 0 Å². The molecule has 13 heavy (non-hydrogen) atoms. The molecule has 0 aliphatic carbocycles. The van der Waals surface area contributed by atoms with E-state index in [1.807, 2.05) is 0 Å². The Bertz CT molecular complexity index is 284. The first-order chi connectivity index (χ1) is 6.26. The third-order valence-corrected chi connectivity index (χ3v) is 4.13. The van der Waals surface area contributed by atoms with E-state index in [4.69, 9.17) is 0 Å². The number of thioether (sulfide) groups is 2. The Kier molecular flexibility index (Phi) is 4.99. The standard InChI is InChI=1S/C10H11BrS2/c1-12-10(13-2)7-8-3-5-9(11)6-4-8/h3-7H,1-2H3. The molecule has 1 aromatic rings. The van der Waals surface area contributed by atoms with Crippen molar-refractivity contribution in [3.05, 3.63) is 38.5 Å². The smallest absolute Gasteiger partial charge is 0.0401 e. The lowest BCUT2D eigenvalue weighted by Crippen LogP contribution is -1.72. The van der Waals surface area contributed by atoms with Crippen molar-refractivity contribution in [3.8, 4) is 0 Å². The predicted molar refractivity (Wildman–Crippen MR) is 69.1 cm³/mol. The quantitative estimate of drug-likeness (QED) is 0.798. The van der Waals surface area contributed by atoms with Crippen LogP contribution in [-0.2, 0) is 0 Å². The topological polar surface area (TPSA) is 0 Å². The van der Waals surface area contributed by atoms with Crippen molar-refractivity contribution in [2.24, 2.45) is 0 Å². The van der Waals surface area contributed by atoms with Gasteiger partial charge >= 0.3 is 0 Å². The fourth-order valence-electron chi connectivity index (χ4n) is 0.896. The van der Waals surface area contributed by atoms with Crippen molar-refractivity contribution in [3.63, 3.8) is 0 Å². The molecular formula is C10H11BrS2. The minimum Gasteiger partial charge on any atom is -0.123 e. The molecule has 0 radical (unpaired) electrons. The van der Waals surface area contributed by atoms with E-state index in [1.165, 1.54) is 9.80 Å². The van der Waals surface area contributed by atoms with Gasteiger partial charge in [-0.05, 0) is 36.3 Å². The first kappa shape index (κ1) is 11.2. The first-order valence-electron chi connectivity index (χ1n) is 3.81. The van der Waals surface area contributed by atoms with Crippen LogP contribution in [0.4, 0.5) is 0 Å². The lowest BCUT2D eigenvalue weighted by atomic mass is 10.2. The second kappa shape index (κ2) is 5.78. The molecule has 0 nitrogen and oxygen atoms in total. The van der Waals surface area contributed by atoms with E-state index < -0.39 is 0 Å². The van der Waals surface area contributed by atoms with E-state index in [0.717, 1.165) is 4.47 Å². The molecule has 0 aromatic heterocycles. The number of benzene rings is 1. The van der Waals surface area contributed by atoms with Crippen molar-refractivity contribution >= 4 is 45.5 Å². The minimum absolute atomic E-state index is 1.12. The van der Waals surface area contributed by atoms with Crippen molar-refractivity contribution in [2.45, 2.75) is 0 Å². The van der Waals surface area contributed by atoms with Crippen molar-refractivity contribution in [1.82, 2.24) is 0 Å². The Morgan fingerprint density at radius 2 is 1.69 bits per heavy atom. The van der Waals surface area contributed by atoms with Crippen molar-refractivity contribution < 1.29 is 0 Å². The zero-order valence-corrected chi connectivity index (χ0v) is 10.8. The number of hydrogen-bond donors (Lipinski definition) is 0. The highest BCUT2D eigenvalue weighted by atomic mass is 79.9. The van der Waals surface area contributed by atoms with Gasteiger partial charge in [-0.2, -0.15) is 0 Å². The Morgan fingerprint density at radius 1 is 1.15 bits per heavy atom. The average Bonchev–Trinajstić information content (AvgIpc) is 2.17. The number of hydrogen-bond acceptors (Lipinski definition) is 2. The summed E-state index contributed by atoms with van der Waals surface area (Å²) >= 11 is 6.98. The van der Waals surface area contributed by atoms with E-state index in [1.54, 1.807) is 23.5 Å². The lowest BCUT2D eigenvalue weighted by Gasteiger charge is -1.99. The van der Waals surface area contributed by atoms with Gasteiger partial charge in [0.1, 0.15) is 0 Å². The molecule has 0 aliphatic rings. The van der Waals surface area contributed by atoms with Gasteiger partial charge in [-0.3, -0.25) is 0 Å². The molecule has 1 rings (SSSR count). The Morgan fingerprint density at radius 3 is 2.15 bits per heavy atom. The van der Waals surface area contributed by atoms with Gasteiger partial charge in [0.05, 0.1) is 0 Å². The third-order valence-electron chi connectivity index (χ3n) is 1.56. The van der Waals surface area contributed by atoms with Gasteiger partial charge in [-0.15, -0.1) is 23.5 Å². The molecule has 0 amide bonds. The van der Waals surface area contributed by atoms with Crippen LogP contribution < -0.4 is 0 Å². The summed E-state index contributed by atoms with van der Waals surface area (Å²) in [4.78, 5) is 0. The predicted octanol–water partition coefficient (Wildman–Crippen LogP) is 4.47. The zero-order chi connectivity index (χ0) is 9.68. The molecule has 3 heteroatoms. The molecule has 0 N–H and O–H groups in total. The largest absolute Gasteiger partial charge is 0.123 e. The SMILES string of the molecule is CSC(=Cc1ccc(Br)cc1)SC. The van der Waals surface area contributed by atoms with Gasteiger partial charge in [0.25, 0.3) is 0 Å². The minimum atomic E-state index is 1.12. The summed E-state index contributed by atoms with van der Waals surface area (Å²) in [6.07, 6.45) is 6.39. The van der Waals surface area contributed by atoms with Crippen LogP contribution in [0.1, 0.15) is 5.56 Å². The number of rotatable bonds is 3. The zero-order valence-electron chi connectivity index (χ0n) is 7.58. The van der Waals surface area contributed by atoms with Crippen LogP contribution in [0.25, 0.3) is 6.08 Å². The second-order valence-corrected chi connectivity index (χ2v) is 5.29. The summed E-state index contributed by atoms with van der Waals surface area (Å²) in [7, 11) is 0. The molecule has 0 saturated carbocycles. The van der Waals surface area contributed by atoms with E-state index in [2.05, 4.69) is 58.8 Å². The van der Waals surface area contributed by atoms with Gasteiger partial charge in [0, 0.05) is 8.71 Å². The van der Waals surface area contributed by atoms with Gasteiger partial charge < -0.3 is 0 Å². The fourth-order valence-corrected chi connectivity index (χ4v) is 2.34. The van der Waals surface area contributed by atoms with E-state index in [0.29, 0.717) is 0 Å². The molecule has 0 heterocycles. The molecule has 0 aliphatic heterocycles. The molecule has 0 bridgehead atoms. The van der Waals surface area contributed by atoms with Gasteiger partial charge in [0.2, 0.25) is 0 Å². The van der Waals surface area contributed by atoms with Crippen LogP contribution in [0.3, 0.4) is 0 Å². The molecule has 0 atom stereocenters. The maximum absolute atomic E-state index is 3.41. The van der Waals surface area contributed by atoms with Crippen molar-refractivity contribution in [1.29, 1.82) is 0 Å². The summed E-state index contributed by atoms with van der Waals surface area (Å²) in [5.74, 6) is 0. The molecular weight excluding hydrogens is 264 g/mol. The summed E-state index contributed by atoms with van der Waals surface area (Å²) in [6.45, 7) is 0. The normalized spacial score (nSPS) is 9.77. The molecule has 0 saturated heterocycles. The van der Waals surface area contributed by atoms with E-state index in [-0.39, 0.29) is 0 Å². The molecule has 1 aromatic carbocycles. The second-order valence-electron chi connectivity index (χ2n) is 2.42. The van der Waals surface area contributed by atoms with Crippen LogP contribution in [0.2, 0.25) is 0 Å². The van der Waals surface area contributed by atoms with Crippen LogP contribution >= 0.6 is 39.5 Å². The highest BCUT2D eigenvalue weighted by Gasteiger charge is 1.93. The van der Waals surface area contributed by atoms with Crippen molar-refractivity contribution in [2.75, 3.05) is 12.5 Å². The summed E-state index contributed by atoms with van der Waals surface area (Å²) in [5, 5.41) is 0. The van der Waals surface area contributed by atoms with Gasteiger partial charge in [0.15, 0.2) is 0 Å². The maximum Gasteiger partial charge on any atom is 0.0401 e. The van der Waals surface area contributed by atoms with Crippen LogP contribution in [0.5, 0.6) is 0 Å². The average molecular weight is 275 g/mol. The first-order valence-corrected chi connectivity index (χ1v) is 7.05. The third kappa shape index (κ3) is 3.79. The van der Waals surface area contributed by atoms with Crippen LogP contribution in [0, 0.1) is 0 Å². The van der Waals surface area contributed by atoms with Gasteiger partial charge in [-0.1, -0.05) is 28.1 Å². The highest BCUT2D eigenvalue weighted by molar-refractivity contribution is 9.10. The summed E-state index contributed by atoms with van der Waals surface area (Å²) in [5.41, 5.74) is 1.25. The van der Waals surface area contributed by atoms with Crippen LogP contribution in [-0.4, -0.2) is 12.5 Å². The Balaban J connectivity index is 2.84.